The summed E-state index contributed by atoms with van der Waals surface area (Å²) in [4.78, 5) is 2.37. The van der Waals surface area contributed by atoms with Crippen LogP contribution in [0.1, 0.15) is 24.4 Å². The zero-order valence-corrected chi connectivity index (χ0v) is 12.3. The predicted molar refractivity (Wildman–Crippen MR) is 75.7 cm³/mol. The number of halogens is 2. The van der Waals surface area contributed by atoms with E-state index in [1.165, 1.54) is 6.07 Å². The molecule has 104 valence electrons. The van der Waals surface area contributed by atoms with E-state index in [1.807, 2.05) is 0 Å². The van der Waals surface area contributed by atoms with Crippen molar-refractivity contribution in [1.29, 1.82) is 0 Å². The first-order valence-electron chi connectivity index (χ1n) is 6.80. The molecule has 3 rings (SSSR count). The molecule has 1 aromatic carbocycles. The maximum atomic E-state index is 13.7. The molecule has 0 bridgehead atoms. The van der Waals surface area contributed by atoms with Crippen molar-refractivity contribution in [3.8, 4) is 5.75 Å². The quantitative estimate of drug-likeness (QED) is 0.895. The third-order valence-corrected chi connectivity index (χ3v) is 4.72. The summed E-state index contributed by atoms with van der Waals surface area (Å²) in [7, 11) is 0. The van der Waals surface area contributed by atoms with Gasteiger partial charge >= 0.3 is 0 Å². The van der Waals surface area contributed by atoms with Crippen LogP contribution in [0.15, 0.2) is 16.6 Å². The van der Waals surface area contributed by atoms with E-state index in [9.17, 15) is 9.50 Å². The third kappa shape index (κ3) is 2.64. The van der Waals surface area contributed by atoms with Crippen molar-refractivity contribution >= 4 is 15.9 Å². The molecular weight excluding hydrogens is 311 g/mol. The van der Waals surface area contributed by atoms with E-state index >= 15 is 0 Å². The van der Waals surface area contributed by atoms with Gasteiger partial charge in [0.25, 0.3) is 0 Å². The molecule has 5 heteroatoms. The summed E-state index contributed by atoms with van der Waals surface area (Å²) in [5, 5.41) is 13.4. The summed E-state index contributed by atoms with van der Waals surface area (Å²) in [5.74, 6) is -0.175. The van der Waals surface area contributed by atoms with Crippen LogP contribution >= 0.6 is 15.9 Å². The van der Waals surface area contributed by atoms with Crippen molar-refractivity contribution in [3.05, 3.63) is 28.0 Å². The second-order valence-electron chi connectivity index (χ2n) is 5.36. The summed E-state index contributed by atoms with van der Waals surface area (Å²) in [6.45, 7) is 3.81. The first-order chi connectivity index (χ1) is 9.18. The van der Waals surface area contributed by atoms with Gasteiger partial charge in [0.1, 0.15) is 0 Å². The molecule has 2 fully saturated rings. The van der Waals surface area contributed by atoms with Gasteiger partial charge in [0.05, 0.1) is 0 Å². The Morgan fingerprint density at radius 1 is 1.32 bits per heavy atom. The molecule has 3 nitrogen and oxygen atoms in total. The maximum absolute atomic E-state index is 13.7. The highest BCUT2D eigenvalue weighted by atomic mass is 79.9. The number of aromatic hydroxyl groups is 1. The first kappa shape index (κ1) is 13.3. The highest BCUT2D eigenvalue weighted by molar-refractivity contribution is 9.10. The van der Waals surface area contributed by atoms with Gasteiger partial charge in [0, 0.05) is 42.3 Å². The minimum Gasteiger partial charge on any atom is -0.505 e. The molecule has 0 unspecified atom stereocenters. The average molecular weight is 329 g/mol. The van der Waals surface area contributed by atoms with Crippen LogP contribution in [0.25, 0.3) is 0 Å². The SMILES string of the molecule is Oc1c(F)ccc(Br)c1[C@@H](C1CC1)N1CCNCC1. The van der Waals surface area contributed by atoms with Gasteiger partial charge in [0.2, 0.25) is 0 Å². The Balaban J connectivity index is 1.97. The Hall–Kier alpha value is -0.650. The van der Waals surface area contributed by atoms with E-state index in [0.29, 0.717) is 5.92 Å². The van der Waals surface area contributed by atoms with Crippen molar-refractivity contribution in [2.75, 3.05) is 26.2 Å². The highest BCUT2D eigenvalue weighted by Gasteiger charge is 2.39. The molecule has 1 aromatic rings. The van der Waals surface area contributed by atoms with Crippen LogP contribution in [-0.2, 0) is 0 Å². The Morgan fingerprint density at radius 3 is 2.63 bits per heavy atom. The Bertz CT molecular complexity index is 473. The predicted octanol–water partition coefficient (Wildman–Crippen LogP) is 2.65. The topological polar surface area (TPSA) is 35.5 Å². The molecule has 1 aliphatic carbocycles. The number of rotatable bonds is 3. The van der Waals surface area contributed by atoms with Crippen molar-refractivity contribution in [3.63, 3.8) is 0 Å². The fraction of sp³-hybridized carbons (Fsp3) is 0.571. The van der Waals surface area contributed by atoms with E-state index in [4.69, 9.17) is 0 Å². The molecule has 1 saturated heterocycles. The summed E-state index contributed by atoms with van der Waals surface area (Å²) in [6, 6.07) is 3.14. The van der Waals surface area contributed by atoms with Gasteiger partial charge in [0.15, 0.2) is 11.6 Å². The minimum absolute atomic E-state index is 0.132. The molecule has 0 aromatic heterocycles. The van der Waals surface area contributed by atoms with Gasteiger partial charge in [-0.3, -0.25) is 4.90 Å². The zero-order chi connectivity index (χ0) is 13.4. The summed E-state index contributed by atoms with van der Waals surface area (Å²) < 4.78 is 14.5. The number of nitrogens with one attached hydrogen (secondary N) is 1. The number of benzene rings is 1. The Morgan fingerprint density at radius 2 is 2.00 bits per heavy atom. The van der Waals surface area contributed by atoms with Crippen LogP contribution in [0.3, 0.4) is 0 Å². The number of hydrogen-bond donors (Lipinski definition) is 2. The number of phenols is 1. The molecular formula is C14H18BrFN2O. The number of hydrogen-bond acceptors (Lipinski definition) is 3. The smallest absolute Gasteiger partial charge is 0.165 e. The Labute approximate surface area is 120 Å². The van der Waals surface area contributed by atoms with Gasteiger partial charge in [-0.2, -0.15) is 0 Å². The van der Waals surface area contributed by atoms with E-state index in [1.54, 1.807) is 6.07 Å². The van der Waals surface area contributed by atoms with Crippen molar-refractivity contribution in [2.45, 2.75) is 18.9 Å². The second-order valence-corrected chi connectivity index (χ2v) is 6.21. The number of piperazine rings is 1. The monoisotopic (exact) mass is 328 g/mol. The lowest BCUT2D eigenvalue weighted by atomic mass is 9.98. The maximum Gasteiger partial charge on any atom is 0.165 e. The summed E-state index contributed by atoms with van der Waals surface area (Å²) >= 11 is 3.48. The summed E-state index contributed by atoms with van der Waals surface area (Å²) in [5.41, 5.74) is 0.726. The fourth-order valence-electron chi connectivity index (χ4n) is 2.93. The standard InChI is InChI=1S/C14H18BrFN2O/c15-10-3-4-11(16)14(19)12(10)13(9-1-2-9)18-7-5-17-6-8-18/h3-4,9,13,17,19H,1-2,5-8H2/t13-/m1/s1. The van der Waals surface area contributed by atoms with Crippen LogP contribution < -0.4 is 5.32 Å². The van der Waals surface area contributed by atoms with Crippen LogP contribution in [0, 0.1) is 11.7 Å². The Kier molecular flexibility index (Phi) is 3.78. The molecule has 0 spiro atoms. The lowest BCUT2D eigenvalue weighted by molar-refractivity contribution is 0.152. The second kappa shape index (κ2) is 5.38. The van der Waals surface area contributed by atoms with Crippen LogP contribution in [0.2, 0.25) is 0 Å². The van der Waals surface area contributed by atoms with E-state index in [0.717, 1.165) is 49.1 Å². The lowest BCUT2D eigenvalue weighted by Gasteiger charge is -2.36. The van der Waals surface area contributed by atoms with Crippen LogP contribution in [-0.4, -0.2) is 36.2 Å². The van der Waals surface area contributed by atoms with E-state index < -0.39 is 5.82 Å². The first-order valence-corrected chi connectivity index (χ1v) is 7.59. The average Bonchev–Trinajstić information content (AvgIpc) is 3.24. The molecule has 1 aliphatic heterocycles. The van der Waals surface area contributed by atoms with Gasteiger partial charge in [-0.05, 0) is 30.9 Å². The molecule has 0 radical (unpaired) electrons. The highest BCUT2D eigenvalue weighted by Crippen LogP contribution is 2.49. The fourth-order valence-corrected chi connectivity index (χ4v) is 3.48. The molecule has 2 aliphatic rings. The lowest BCUT2D eigenvalue weighted by Crippen LogP contribution is -2.45. The third-order valence-electron chi connectivity index (χ3n) is 4.02. The number of nitrogens with zero attached hydrogens (tertiary/aromatic N) is 1. The van der Waals surface area contributed by atoms with Crippen LogP contribution in [0.4, 0.5) is 4.39 Å². The summed E-state index contributed by atoms with van der Waals surface area (Å²) in [6.07, 6.45) is 2.33. The molecule has 1 atom stereocenters. The van der Waals surface area contributed by atoms with Gasteiger partial charge in [-0.15, -0.1) is 0 Å². The van der Waals surface area contributed by atoms with Crippen LogP contribution in [0.5, 0.6) is 5.75 Å². The van der Waals surface area contributed by atoms with E-state index in [2.05, 4.69) is 26.1 Å². The normalized spacial score (nSPS) is 22.4. The van der Waals surface area contributed by atoms with Gasteiger partial charge < -0.3 is 10.4 Å². The largest absolute Gasteiger partial charge is 0.505 e. The van der Waals surface area contributed by atoms with Gasteiger partial charge in [-0.1, -0.05) is 15.9 Å². The van der Waals surface area contributed by atoms with E-state index in [-0.39, 0.29) is 11.8 Å². The number of phenolic OH excluding ortho intramolecular Hbond substituents is 1. The zero-order valence-electron chi connectivity index (χ0n) is 10.7. The molecule has 0 amide bonds. The van der Waals surface area contributed by atoms with Crippen molar-refractivity contribution in [1.82, 2.24) is 10.2 Å². The van der Waals surface area contributed by atoms with Crippen molar-refractivity contribution in [2.24, 2.45) is 5.92 Å². The van der Waals surface area contributed by atoms with Gasteiger partial charge in [-0.25, -0.2) is 4.39 Å². The molecule has 2 N–H and O–H groups in total. The molecule has 1 heterocycles. The molecule has 19 heavy (non-hydrogen) atoms. The minimum atomic E-state index is -0.529. The van der Waals surface area contributed by atoms with Crippen molar-refractivity contribution < 1.29 is 9.50 Å². The molecule has 1 saturated carbocycles.